The molecule has 0 amide bonds. The Hall–Kier alpha value is -1.75. The molecule has 0 unspecified atom stereocenters. The van der Waals surface area contributed by atoms with E-state index in [4.69, 9.17) is 4.52 Å². The van der Waals surface area contributed by atoms with E-state index in [1.54, 1.807) is 0 Å². The molecule has 0 aliphatic rings. The smallest absolute Gasteiger partial charge is 0.240 e. The Morgan fingerprint density at radius 2 is 2.06 bits per heavy atom. The molecule has 17 heavy (non-hydrogen) atoms. The van der Waals surface area contributed by atoms with E-state index in [0.29, 0.717) is 18.3 Å². The largest absolute Gasteiger partial charge is 0.338 e. The van der Waals surface area contributed by atoms with Crippen molar-refractivity contribution in [2.24, 2.45) is 0 Å². The van der Waals surface area contributed by atoms with Crippen molar-refractivity contribution in [2.75, 3.05) is 13.6 Å². The van der Waals surface area contributed by atoms with Gasteiger partial charge in [-0.25, -0.2) is 0 Å². The lowest BCUT2D eigenvalue weighted by atomic mass is 10.2. The third-order valence-corrected chi connectivity index (χ3v) is 2.51. The van der Waals surface area contributed by atoms with Crippen LogP contribution >= 0.6 is 0 Å². The molecule has 2 heterocycles. The van der Waals surface area contributed by atoms with E-state index in [0.717, 1.165) is 13.0 Å². The Bertz CT molecular complexity index is 455. The van der Waals surface area contributed by atoms with Gasteiger partial charge in [0, 0.05) is 18.9 Å². The van der Waals surface area contributed by atoms with Gasteiger partial charge in [0.2, 0.25) is 5.89 Å². The average Bonchev–Trinajstić information content (AvgIpc) is 2.73. The summed E-state index contributed by atoms with van der Waals surface area (Å²) in [7, 11) is 2.04. The predicted octanol–water partition coefficient (Wildman–Crippen LogP) is 1.45. The Labute approximate surface area is 100 Å². The summed E-state index contributed by atoms with van der Waals surface area (Å²) in [6.07, 6.45) is 4.62. The summed E-state index contributed by atoms with van der Waals surface area (Å²) in [6.45, 7) is 3.46. The van der Waals surface area contributed by atoms with E-state index in [1.165, 1.54) is 5.56 Å². The third kappa shape index (κ3) is 3.64. The number of aromatic nitrogens is 3. The molecule has 0 spiro atoms. The van der Waals surface area contributed by atoms with Crippen LogP contribution in [0.5, 0.6) is 0 Å². The lowest BCUT2D eigenvalue weighted by molar-refractivity contribution is 0.268. The Morgan fingerprint density at radius 3 is 2.71 bits per heavy atom. The van der Waals surface area contributed by atoms with Crippen LogP contribution < -0.4 is 0 Å². The van der Waals surface area contributed by atoms with Crippen LogP contribution in [-0.4, -0.2) is 33.6 Å². The first-order chi connectivity index (χ1) is 8.24. The number of likely N-dealkylation sites (N-methyl/N-ethyl adjacent to an activating group) is 1. The van der Waals surface area contributed by atoms with Crippen molar-refractivity contribution < 1.29 is 4.52 Å². The molecule has 0 saturated carbocycles. The first-order valence-electron chi connectivity index (χ1n) is 5.60. The molecule has 0 aliphatic heterocycles. The number of nitrogens with zero attached hydrogens (tertiary/aromatic N) is 4. The van der Waals surface area contributed by atoms with Crippen LogP contribution in [0.15, 0.2) is 29.0 Å². The van der Waals surface area contributed by atoms with Crippen molar-refractivity contribution in [1.82, 2.24) is 20.0 Å². The van der Waals surface area contributed by atoms with Gasteiger partial charge < -0.3 is 4.52 Å². The maximum absolute atomic E-state index is 5.07. The summed E-state index contributed by atoms with van der Waals surface area (Å²) in [5.41, 5.74) is 1.29. The quantitative estimate of drug-likeness (QED) is 0.781. The van der Waals surface area contributed by atoms with Crippen LogP contribution in [0.25, 0.3) is 0 Å². The highest BCUT2D eigenvalue weighted by Crippen LogP contribution is 2.03. The van der Waals surface area contributed by atoms with E-state index < -0.39 is 0 Å². The van der Waals surface area contributed by atoms with Gasteiger partial charge in [0.1, 0.15) is 0 Å². The van der Waals surface area contributed by atoms with Gasteiger partial charge in [-0.05, 0) is 38.1 Å². The van der Waals surface area contributed by atoms with Crippen LogP contribution in [-0.2, 0) is 13.0 Å². The van der Waals surface area contributed by atoms with E-state index in [2.05, 4.69) is 20.0 Å². The summed E-state index contributed by atoms with van der Waals surface area (Å²) in [5, 5.41) is 3.77. The van der Waals surface area contributed by atoms with Crippen LogP contribution in [0.1, 0.15) is 17.3 Å². The fourth-order valence-electron chi connectivity index (χ4n) is 1.58. The lowest BCUT2D eigenvalue weighted by Gasteiger charge is -2.13. The fraction of sp³-hybridized carbons (Fsp3) is 0.417. The molecule has 0 aliphatic carbocycles. The van der Waals surface area contributed by atoms with Gasteiger partial charge in [-0.2, -0.15) is 4.98 Å². The van der Waals surface area contributed by atoms with E-state index in [-0.39, 0.29) is 0 Å². The van der Waals surface area contributed by atoms with E-state index >= 15 is 0 Å². The summed E-state index contributed by atoms with van der Waals surface area (Å²) < 4.78 is 5.07. The molecule has 5 heteroatoms. The van der Waals surface area contributed by atoms with Crippen LogP contribution in [0.3, 0.4) is 0 Å². The van der Waals surface area contributed by atoms with Gasteiger partial charge in [0.25, 0.3) is 0 Å². The first kappa shape index (κ1) is 11.7. The fourth-order valence-corrected chi connectivity index (χ4v) is 1.58. The van der Waals surface area contributed by atoms with E-state index in [1.807, 2.05) is 38.5 Å². The van der Waals surface area contributed by atoms with Crippen molar-refractivity contribution in [3.8, 4) is 0 Å². The first-order valence-corrected chi connectivity index (χ1v) is 5.60. The highest BCUT2D eigenvalue weighted by molar-refractivity contribution is 5.09. The van der Waals surface area contributed by atoms with Crippen molar-refractivity contribution in [2.45, 2.75) is 19.9 Å². The minimum atomic E-state index is 0.666. The second kappa shape index (κ2) is 5.54. The summed E-state index contributed by atoms with van der Waals surface area (Å²) in [5.74, 6) is 1.35. The van der Waals surface area contributed by atoms with Gasteiger partial charge in [-0.15, -0.1) is 0 Å². The molecule has 0 fully saturated rings. The van der Waals surface area contributed by atoms with Gasteiger partial charge in [0.15, 0.2) is 5.82 Å². The minimum Gasteiger partial charge on any atom is -0.338 e. The van der Waals surface area contributed by atoms with Crippen molar-refractivity contribution in [3.63, 3.8) is 0 Å². The maximum atomic E-state index is 5.07. The molecule has 2 aromatic heterocycles. The van der Waals surface area contributed by atoms with Crippen molar-refractivity contribution >= 4 is 0 Å². The molecular formula is C12H16N4O. The number of hydrogen-bond acceptors (Lipinski definition) is 5. The monoisotopic (exact) mass is 232 g/mol. The Morgan fingerprint density at radius 1 is 1.29 bits per heavy atom. The van der Waals surface area contributed by atoms with Gasteiger partial charge >= 0.3 is 0 Å². The summed E-state index contributed by atoms with van der Waals surface area (Å²) in [6, 6.07) is 4.06. The zero-order chi connectivity index (χ0) is 12.1. The van der Waals surface area contributed by atoms with Crippen molar-refractivity contribution in [3.05, 3.63) is 41.8 Å². The predicted molar refractivity (Wildman–Crippen MR) is 63.3 cm³/mol. The summed E-state index contributed by atoms with van der Waals surface area (Å²) in [4.78, 5) is 10.3. The van der Waals surface area contributed by atoms with Crippen LogP contribution in [0.2, 0.25) is 0 Å². The summed E-state index contributed by atoms with van der Waals surface area (Å²) >= 11 is 0. The zero-order valence-electron chi connectivity index (χ0n) is 10.1. The van der Waals surface area contributed by atoms with Gasteiger partial charge in [-0.3, -0.25) is 9.88 Å². The maximum Gasteiger partial charge on any atom is 0.240 e. The number of aryl methyl sites for hydroxylation is 1. The molecule has 0 aromatic carbocycles. The standard InChI is InChI=1S/C12H16N4O/c1-10-14-12(17-15-10)9-16(2)8-5-11-3-6-13-7-4-11/h3-4,6-7H,5,8-9H2,1-2H3. The topological polar surface area (TPSA) is 55.1 Å². The normalized spacial score (nSPS) is 11.0. The van der Waals surface area contributed by atoms with Gasteiger partial charge in [0.05, 0.1) is 6.54 Å². The number of pyridine rings is 1. The molecule has 2 aromatic rings. The van der Waals surface area contributed by atoms with Crippen molar-refractivity contribution in [1.29, 1.82) is 0 Å². The molecule has 0 atom stereocenters. The lowest BCUT2D eigenvalue weighted by Crippen LogP contribution is -2.20. The van der Waals surface area contributed by atoms with Gasteiger partial charge in [-0.1, -0.05) is 5.16 Å². The average molecular weight is 232 g/mol. The molecule has 5 nitrogen and oxygen atoms in total. The minimum absolute atomic E-state index is 0.666. The van der Waals surface area contributed by atoms with Crippen LogP contribution in [0, 0.1) is 6.92 Å². The number of hydrogen-bond donors (Lipinski definition) is 0. The highest BCUT2D eigenvalue weighted by Gasteiger charge is 2.06. The molecule has 0 saturated heterocycles. The molecular weight excluding hydrogens is 216 g/mol. The molecule has 2 rings (SSSR count). The van der Waals surface area contributed by atoms with E-state index in [9.17, 15) is 0 Å². The Kier molecular flexibility index (Phi) is 3.82. The molecule has 0 N–H and O–H groups in total. The highest BCUT2D eigenvalue weighted by atomic mass is 16.5. The second-order valence-corrected chi connectivity index (χ2v) is 4.08. The molecule has 90 valence electrons. The zero-order valence-corrected chi connectivity index (χ0v) is 10.1. The number of rotatable bonds is 5. The molecule has 0 bridgehead atoms. The molecule has 0 radical (unpaired) electrons. The Balaban J connectivity index is 1.80. The second-order valence-electron chi connectivity index (χ2n) is 4.08. The third-order valence-electron chi connectivity index (χ3n) is 2.51. The van der Waals surface area contributed by atoms with Crippen LogP contribution in [0.4, 0.5) is 0 Å². The SMILES string of the molecule is Cc1noc(CN(C)CCc2ccncc2)n1.